The lowest BCUT2D eigenvalue weighted by atomic mass is 10.3. The van der Waals surface area contributed by atoms with Crippen LogP contribution in [0, 0.1) is 5.82 Å². The van der Waals surface area contributed by atoms with Gasteiger partial charge >= 0.3 is 12.0 Å². The van der Waals surface area contributed by atoms with Crippen molar-refractivity contribution in [3.05, 3.63) is 30.1 Å². The summed E-state index contributed by atoms with van der Waals surface area (Å²) in [7, 11) is 0. The second-order valence-corrected chi connectivity index (χ2v) is 5.45. The lowest BCUT2D eigenvalue weighted by Crippen LogP contribution is -2.46. The molecular formula is C12H13FN2O3S. The Bertz CT molecular complexity index is 512. The average Bonchev–Trinajstić information content (AvgIpc) is 2.74. The van der Waals surface area contributed by atoms with Gasteiger partial charge in [0.15, 0.2) is 0 Å². The van der Waals surface area contributed by atoms with Crippen LogP contribution >= 0.6 is 11.8 Å². The summed E-state index contributed by atoms with van der Waals surface area (Å²) >= 11 is 1.38. The maximum atomic E-state index is 13.4. The molecule has 1 aliphatic rings. The van der Waals surface area contributed by atoms with Gasteiger partial charge in [0.25, 0.3) is 0 Å². The molecule has 2 rings (SSSR count). The number of urea groups is 1. The SMILES string of the molecule is CC1SCC(C(=O)O)N1C(=O)Nc1ccccc1F. The molecule has 0 spiro atoms. The summed E-state index contributed by atoms with van der Waals surface area (Å²) in [4.78, 5) is 24.4. The average molecular weight is 284 g/mol. The second kappa shape index (κ2) is 5.48. The molecule has 1 aliphatic heterocycles. The molecule has 2 unspecified atom stereocenters. The van der Waals surface area contributed by atoms with Gasteiger partial charge < -0.3 is 10.4 Å². The van der Waals surface area contributed by atoms with Crippen LogP contribution in [0.1, 0.15) is 6.92 Å². The zero-order chi connectivity index (χ0) is 14.0. The van der Waals surface area contributed by atoms with E-state index < -0.39 is 23.9 Å². The molecule has 2 amide bonds. The van der Waals surface area contributed by atoms with Crippen molar-refractivity contribution < 1.29 is 19.1 Å². The van der Waals surface area contributed by atoms with Gasteiger partial charge in [-0.2, -0.15) is 0 Å². The molecule has 1 fully saturated rings. The van der Waals surface area contributed by atoms with Gasteiger partial charge in [-0.25, -0.2) is 14.0 Å². The molecule has 0 aliphatic carbocycles. The first kappa shape index (κ1) is 13.7. The number of hydrogen-bond donors (Lipinski definition) is 2. The maximum absolute atomic E-state index is 13.4. The molecule has 1 heterocycles. The Morgan fingerprint density at radius 3 is 2.79 bits per heavy atom. The third kappa shape index (κ3) is 2.81. The number of carboxylic acid groups (broad SMARTS) is 1. The molecule has 0 saturated carbocycles. The minimum absolute atomic E-state index is 0.0424. The Morgan fingerprint density at radius 1 is 1.47 bits per heavy atom. The van der Waals surface area contributed by atoms with E-state index in [1.54, 1.807) is 13.0 Å². The Hall–Kier alpha value is -1.76. The highest BCUT2D eigenvalue weighted by atomic mass is 32.2. The number of thioether (sulfide) groups is 1. The van der Waals surface area contributed by atoms with Crippen LogP contribution in [0.3, 0.4) is 0 Å². The highest BCUT2D eigenvalue weighted by Gasteiger charge is 2.39. The molecule has 0 aromatic heterocycles. The van der Waals surface area contributed by atoms with E-state index in [0.717, 1.165) is 0 Å². The number of benzene rings is 1. The molecule has 1 aromatic carbocycles. The predicted octanol–water partition coefficient (Wildman–Crippen LogP) is 2.21. The van der Waals surface area contributed by atoms with E-state index in [2.05, 4.69) is 5.32 Å². The molecule has 1 saturated heterocycles. The molecule has 7 heteroatoms. The topological polar surface area (TPSA) is 69.6 Å². The van der Waals surface area contributed by atoms with Crippen molar-refractivity contribution in [3.8, 4) is 0 Å². The molecule has 0 radical (unpaired) electrons. The first-order valence-electron chi connectivity index (χ1n) is 5.69. The third-order valence-corrected chi connectivity index (χ3v) is 4.08. The molecule has 102 valence electrons. The number of para-hydroxylation sites is 1. The molecule has 19 heavy (non-hydrogen) atoms. The fraction of sp³-hybridized carbons (Fsp3) is 0.333. The van der Waals surface area contributed by atoms with E-state index in [1.807, 2.05) is 0 Å². The summed E-state index contributed by atoms with van der Waals surface area (Å²) in [5.74, 6) is -1.27. The summed E-state index contributed by atoms with van der Waals surface area (Å²) in [6.45, 7) is 1.74. The largest absolute Gasteiger partial charge is 0.480 e. The zero-order valence-electron chi connectivity index (χ0n) is 10.2. The number of halogens is 1. The van der Waals surface area contributed by atoms with Gasteiger partial charge in [0.05, 0.1) is 11.1 Å². The van der Waals surface area contributed by atoms with Crippen LogP contribution in [0.5, 0.6) is 0 Å². The predicted molar refractivity (Wildman–Crippen MR) is 70.6 cm³/mol. The van der Waals surface area contributed by atoms with E-state index in [9.17, 15) is 14.0 Å². The molecule has 2 N–H and O–H groups in total. The molecular weight excluding hydrogens is 271 g/mol. The van der Waals surface area contributed by atoms with Gasteiger partial charge in [0.1, 0.15) is 11.9 Å². The van der Waals surface area contributed by atoms with E-state index in [-0.39, 0.29) is 11.1 Å². The Morgan fingerprint density at radius 2 is 2.16 bits per heavy atom. The van der Waals surface area contributed by atoms with Crippen LogP contribution in [0.4, 0.5) is 14.9 Å². The fourth-order valence-electron chi connectivity index (χ4n) is 1.88. The van der Waals surface area contributed by atoms with E-state index >= 15 is 0 Å². The number of hydrogen-bond acceptors (Lipinski definition) is 3. The highest BCUT2D eigenvalue weighted by Crippen LogP contribution is 2.29. The van der Waals surface area contributed by atoms with Gasteiger partial charge in [-0.3, -0.25) is 4.90 Å². The Labute approximate surface area is 113 Å². The van der Waals surface area contributed by atoms with Gasteiger partial charge in [-0.05, 0) is 19.1 Å². The number of aliphatic carboxylic acids is 1. The number of carbonyl (C=O) groups excluding carboxylic acids is 1. The van der Waals surface area contributed by atoms with Crippen LogP contribution in [0.15, 0.2) is 24.3 Å². The van der Waals surface area contributed by atoms with Crippen molar-refractivity contribution in [2.24, 2.45) is 0 Å². The minimum Gasteiger partial charge on any atom is -0.480 e. The molecule has 5 nitrogen and oxygen atoms in total. The zero-order valence-corrected chi connectivity index (χ0v) is 11.0. The van der Waals surface area contributed by atoms with Crippen molar-refractivity contribution in [3.63, 3.8) is 0 Å². The second-order valence-electron chi connectivity index (χ2n) is 4.10. The number of rotatable bonds is 2. The van der Waals surface area contributed by atoms with Gasteiger partial charge in [-0.1, -0.05) is 12.1 Å². The van der Waals surface area contributed by atoms with Crippen molar-refractivity contribution in [2.45, 2.75) is 18.3 Å². The number of amides is 2. The van der Waals surface area contributed by atoms with Crippen LogP contribution in [-0.2, 0) is 4.79 Å². The van der Waals surface area contributed by atoms with Crippen LogP contribution < -0.4 is 5.32 Å². The van der Waals surface area contributed by atoms with Gasteiger partial charge in [-0.15, -0.1) is 11.8 Å². The number of nitrogens with zero attached hydrogens (tertiary/aromatic N) is 1. The summed E-state index contributed by atoms with van der Waals surface area (Å²) in [5, 5.41) is 11.2. The first-order valence-corrected chi connectivity index (χ1v) is 6.74. The standard InChI is InChI=1S/C12H13FN2O3S/c1-7-15(10(6-19-7)11(16)17)12(18)14-9-5-3-2-4-8(9)13/h2-5,7,10H,6H2,1H3,(H,14,18)(H,16,17). The highest BCUT2D eigenvalue weighted by molar-refractivity contribution is 8.00. The van der Waals surface area contributed by atoms with Crippen molar-refractivity contribution in [1.82, 2.24) is 4.90 Å². The normalized spacial score (nSPS) is 22.3. The third-order valence-electron chi connectivity index (χ3n) is 2.86. The first-order chi connectivity index (χ1) is 9.00. The molecule has 1 aromatic rings. The van der Waals surface area contributed by atoms with Gasteiger partial charge in [0.2, 0.25) is 0 Å². The Kier molecular flexibility index (Phi) is 3.94. The van der Waals surface area contributed by atoms with E-state index in [1.165, 1.54) is 34.9 Å². The number of carbonyl (C=O) groups is 2. The van der Waals surface area contributed by atoms with Crippen molar-refractivity contribution >= 4 is 29.4 Å². The summed E-state index contributed by atoms with van der Waals surface area (Å²) in [5.41, 5.74) is 0.0424. The Balaban J connectivity index is 2.15. The number of nitrogens with one attached hydrogen (secondary N) is 1. The summed E-state index contributed by atoms with van der Waals surface area (Å²) in [6.07, 6.45) is 0. The number of carboxylic acids is 1. The smallest absolute Gasteiger partial charge is 0.327 e. The van der Waals surface area contributed by atoms with Crippen molar-refractivity contribution in [2.75, 3.05) is 11.1 Å². The monoisotopic (exact) mass is 284 g/mol. The lowest BCUT2D eigenvalue weighted by Gasteiger charge is -2.25. The lowest BCUT2D eigenvalue weighted by molar-refractivity contribution is -0.141. The van der Waals surface area contributed by atoms with Crippen LogP contribution in [0.2, 0.25) is 0 Å². The summed E-state index contributed by atoms with van der Waals surface area (Å²) < 4.78 is 13.4. The quantitative estimate of drug-likeness (QED) is 0.873. The fourth-order valence-corrected chi connectivity index (χ4v) is 3.05. The number of anilines is 1. The van der Waals surface area contributed by atoms with Crippen molar-refractivity contribution in [1.29, 1.82) is 0 Å². The van der Waals surface area contributed by atoms with E-state index in [4.69, 9.17) is 5.11 Å². The summed E-state index contributed by atoms with van der Waals surface area (Å²) in [6, 6.07) is 4.28. The maximum Gasteiger partial charge on any atom is 0.327 e. The van der Waals surface area contributed by atoms with Gasteiger partial charge in [0, 0.05) is 5.75 Å². The molecule has 2 atom stereocenters. The van der Waals surface area contributed by atoms with Crippen LogP contribution in [0.25, 0.3) is 0 Å². The molecule has 0 bridgehead atoms. The minimum atomic E-state index is -1.06. The van der Waals surface area contributed by atoms with E-state index in [0.29, 0.717) is 5.75 Å². The van der Waals surface area contributed by atoms with Crippen LogP contribution in [-0.4, -0.2) is 39.2 Å².